The minimum absolute atomic E-state index is 0.148. The average Bonchev–Trinajstić information content (AvgIpc) is 2.34. The van der Waals surface area contributed by atoms with E-state index in [1.54, 1.807) is 12.1 Å². The second-order valence-electron chi connectivity index (χ2n) is 2.72. The summed E-state index contributed by atoms with van der Waals surface area (Å²) in [5.74, 6) is -0.148. The van der Waals surface area contributed by atoms with E-state index < -0.39 is 0 Å². The van der Waals surface area contributed by atoms with Crippen LogP contribution >= 0.6 is 0 Å². The third kappa shape index (κ3) is 4.43. The molecule has 0 saturated heterocycles. The minimum atomic E-state index is -0.148. The first kappa shape index (κ1) is 14.1. The van der Waals surface area contributed by atoms with E-state index in [1.165, 1.54) is 6.07 Å². The molecule has 15 heavy (non-hydrogen) atoms. The van der Waals surface area contributed by atoms with Crippen molar-refractivity contribution < 1.29 is 9.13 Å². The van der Waals surface area contributed by atoms with E-state index in [9.17, 15) is 4.39 Å². The smallest absolute Gasteiger partial charge is 0.123 e. The molecule has 0 bridgehead atoms. The van der Waals surface area contributed by atoms with Gasteiger partial charge in [0, 0.05) is 0 Å². The fourth-order valence-electron chi connectivity index (χ4n) is 1.33. The fourth-order valence-corrected chi connectivity index (χ4v) is 1.33. The Balaban J connectivity index is 0.000000442. The van der Waals surface area contributed by atoms with E-state index in [-0.39, 0.29) is 5.82 Å². The van der Waals surface area contributed by atoms with Gasteiger partial charge in [-0.15, -0.1) is 0 Å². The Hall–Kier alpha value is -0.890. The van der Waals surface area contributed by atoms with E-state index in [4.69, 9.17) is 4.74 Å². The molecule has 0 unspecified atom stereocenters. The predicted octanol–water partition coefficient (Wildman–Crippen LogP) is 3.95. The SMILES string of the molecule is CC.CC.Fc1ccc2c(c1)CCOC2. The van der Waals surface area contributed by atoms with Crippen molar-refractivity contribution in [2.75, 3.05) is 6.61 Å². The van der Waals surface area contributed by atoms with Crippen molar-refractivity contribution in [3.63, 3.8) is 0 Å². The molecular formula is C13H21FO. The van der Waals surface area contributed by atoms with Gasteiger partial charge in [0.05, 0.1) is 13.2 Å². The van der Waals surface area contributed by atoms with Crippen LogP contribution in [-0.2, 0) is 17.8 Å². The molecule has 0 atom stereocenters. The van der Waals surface area contributed by atoms with Gasteiger partial charge >= 0.3 is 0 Å². The zero-order valence-corrected chi connectivity index (χ0v) is 10.1. The van der Waals surface area contributed by atoms with Gasteiger partial charge in [0.25, 0.3) is 0 Å². The van der Waals surface area contributed by atoms with Crippen LogP contribution in [0.4, 0.5) is 4.39 Å². The summed E-state index contributed by atoms with van der Waals surface area (Å²) in [6.45, 7) is 9.35. The number of halogens is 1. The van der Waals surface area contributed by atoms with E-state index in [0.717, 1.165) is 24.2 Å². The first-order valence-corrected chi connectivity index (χ1v) is 5.71. The van der Waals surface area contributed by atoms with Crippen molar-refractivity contribution in [2.45, 2.75) is 40.7 Å². The summed E-state index contributed by atoms with van der Waals surface area (Å²) in [5.41, 5.74) is 2.22. The summed E-state index contributed by atoms with van der Waals surface area (Å²) in [7, 11) is 0. The summed E-state index contributed by atoms with van der Waals surface area (Å²) in [6, 6.07) is 4.87. The van der Waals surface area contributed by atoms with E-state index in [0.29, 0.717) is 6.61 Å². The molecule has 0 N–H and O–H groups in total. The van der Waals surface area contributed by atoms with Crippen molar-refractivity contribution in [3.05, 3.63) is 35.1 Å². The molecule has 86 valence electrons. The highest BCUT2D eigenvalue weighted by Gasteiger charge is 2.08. The van der Waals surface area contributed by atoms with Crippen LogP contribution in [-0.4, -0.2) is 6.61 Å². The third-order valence-corrected chi connectivity index (χ3v) is 1.94. The lowest BCUT2D eigenvalue weighted by Crippen LogP contribution is -2.09. The van der Waals surface area contributed by atoms with Gasteiger partial charge in [-0.2, -0.15) is 0 Å². The minimum Gasteiger partial charge on any atom is -0.376 e. The highest BCUT2D eigenvalue weighted by molar-refractivity contribution is 5.28. The van der Waals surface area contributed by atoms with E-state index in [2.05, 4.69) is 0 Å². The number of hydrogen-bond donors (Lipinski definition) is 0. The monoisotopic (exact) mass is 212 g/mol. The largest absolute Gasteiger partial charge is 0.376 e. The maximum Gasteiger partial charge on any atom is 0.123 e. The van der Waals surface area contributed by atoms with Crippen LogP contribution < -0.4 is 0 Å². The zero-order valence-electron chi connectivity index (χ0n) is 10.1. The molecule has 1 aromatic rings. The van der Waals surface area contributed by atoms with Gasteiger partial charge in [0.2, 0.25) is 0 Å². The zero-order chi connectivity index (χ0) is 11.7. The molecule has 1 aliphatic heterocycles. The van der Waals surface area contributed by atoms with Gasteiger partial charge in [0.1, 0.15) is 5.82 Å². The summed E-state index contributed by atoms with van der Waals surface area (Å²) in [6.07, 6.45) is 0.840. The van der Waals surface area contributed by atoms with Crippen LogP contribution in [0.15, 0.2) is 18.2 Å². The number of hydrogen-bond acceptors (Lipinski definition) is 1. The lowest BCUT2D eigenvalue weighted by molar-refractivity contribution is 0.110. The van der Waals surface area contributed by atoms with Crippen LogP contribution in [0, 0.1) is 5.82 Å². The van der Waals surface area contributed by atoms with Crippen molar-refractivity contribution in [1.29, 1.82) is 0 Å². The molecule has 2 heteroatoms. The Morgan fingerprint density at radius 1 is 1.07 bits per heavy atom. The molecule has 0 aliphatic carbocycles. The maximum atomic E-state index is 12.7. The summed E-state index contributed by atoms with van der Waals surface area (Å²) < 4.78 is 17.9. The van der Waals surface area contributed by atoms with E-state index >= 15 is 0 Å². The summed E-state index contributed by atoms with van der Waals surface area (Å²) in [5, 5.41) is 0. The molecule has 2 rings (SSSR count). The summed E-state index contributed by atoms with van der Waals surface area (Å²) >= 11 is 0. The number of ether oxygens (including phenoxy) is 1. The quantitative estimate of drug-likeness (QED) is 0.632. The topological polar surface area (TPSA) is 9.23 Å². The lowest BCUT2D eigenvalue weighted by atomic mass is 10.0. The second kappa shape index (κ2) is 8.42. The molecule has 0 radical (unpaired) electrons. The van der Waals surface area contributed by atoms with Crippen LogP contribution in [0.1, 0.15) is 38.8 Å². The third-order valence-electron chi connectivity index (χ3n) is 1.94. The van der Waals surface area contributed by atoms with Crippen LogP contribution in [0.3, 0.4) is 0 Å². The number of benzene rings is 1. The molecule has 1 heterocycles. The molecule has 0 aromatic heterocycles. The van der Waals surface area contributed by atoms with Crippen LogP contribution in [0.25, 0.3) is 0 Å². The Morgan fingerprint density at radius 3 is 2.40 bits per heavy atom. The first-order valence-electron chi connectivity index (χ1n) is 5.71. The van der Waals surface area contributed by atoms with Gasteiger partial charge in [-0.25, -0.2) is 4.39 Å². The van der Waals surface area contributed by atoms with Crippen molar-refractivity contribution >= 4 is 0 Å². The summed E-state index contributed by atoms with van der Waals surface area (Å²) in [4.78, 5) is 0. The maximum absolute atomic E-state index is 12.7. The van der Waals surface area contributed by atoms with Gasteiger partial charge in [-0.05, 0) is 29.7 Å². The van der Waals surface area contributed by atoms with Gasteiger partial charge in [-0.1, -0.05) is 33.8 Å². The molecule has 0 spiro atoms. The Labute approximate surface area is 92.3 Å². The van der Waals surface area contributed by atoms with Gasteiger partial charge < -0.3 is 4.74 Å². The van der Waals surface area contributed by atoms with Crippen LogP contribution in [0.5, 0.6) is 0 Å². The van der Waals surface area contributed by atoms with Crippen molar-refractivity contribution in [3.8, 4) is 0 Å². The molecule has 1 nitrogen and oxygen atoms in total. The van der Waals surface area contributed by atoms with Crippen LogP contribution in [0.2, 0.25) is 0 Å². The highest BCUT2D eigenvalue weighted by Crippen LogP contribution is 2.17. The molecular weight excluding hydrogens is 191 g/mol. The molecule has 1 aliphatic rings. The molecule has 0 amide bonds. The number of rotatable bonds is 0. The van der Waals surface area contributed by atoms with E-state index in [1.807, 2.05) is 27.7 Å². The highest BCUT2D eigenvalue weighted by atomic mass is 19.1. The fraction of sp³-hybridized carbons (Fsp3) is 0.538. The molecule has 1 aromatic carbocycles. The number of fused-ring (bicyclic) bond motifs is 1. The molecule has 0 saturated carbocycles. The van der Waals surface area contributed by atoms with Gasteiger partial charge in [0.15, 0.2) is 0 Å². The Kier molecular flexibility index (Phi) is 7.92. The Morgan fingerprint density at radius 2 is 1.73 bits per heavy atom. The second-order valence-corrected chi connectivity index (χ2v) is 2.72. The van der Waals surface area contributed by atoms with Gasteiger partial charge in [-0.3, -0.25) is 0 Å². The van der Waals surface area contributed by atoms with Crippen molar-refractivity contribution in [1.82, 2.24) is 0 Å². The average molecular weight is 212 g/mol. The predicted molar refractivity (Wildman–Crippen MR) is 62.5 cm³/mol. The first-order chi connectivity index (χ1) is 7.36. The standard InChI is InChI=1S/C9H9FO.2C2H6/c10-9-2-1-8-6-11-4-3-7(8)5-9;2*1-2/h1-2,5H,3-4,6H2;2*1-2H3. The normalized spacial score (nSPS) is 12.6. The molecule has 0 fully saturated rings. The lowest BCUT2D eigenvalue weighted by Gasteiger charge is -2.15. The van der Waals surface area contributed by atoms with Crippen molar-refractivity contribution in [2.24, 2.45) is 0 Å². The Bertz CT molecular complexity index is 271.